The minimum Gasteiger partial charge on any atom is -0.493 e. The molecule has 8 heteroatoms. The van der Waals surface area contributed by atoms with E-state index in [2.05, 4.69) is 0 Å². The Kier molecular flexibility index (Phi) is 7.76. The van der Waals surface area contributed by atoms with Gasteiger partial charge in [0.15, 0.2) is 23.0 Å². The van der Waals surface area contributed by atoms with Crippen molar-refractivity contribution in [1.29, 1.82) is 0 Å². The maximum Gasteiger partial charge on any atom is 0.232 e. The molecule has 0 fully saturated rings. The molecule has 0 radical (unpaired) electrons. The Morgan fingerprint density at radius 2 is 1.49 bits per heavy atom. The van der Waals surface area contributed by atoms with Gasteiger partial charge < -0.3 is 28.6 Å². The van der Waals surface area contributed by atoms with Crippen LogP contribution in [0.3, 0.4) is 0 Å². The van der Waals surface area contributed by atoms with Crippen molar-refractivity contribution < 1.29 is 32.9 Å². The smallest absolute Gasteiger partial charge is 0.232 e. The standard InChI is InChI=1S/C29H32FNO6/c1-7-36-23-11-18-14-27(32)31(20-10-9-17(3)22(30)15-20)28(21(18)16-24(23)37-8-2)19-12-25(33-4)29(35-6)26(13-19)34-5/h9-13,15-16,28H,7-8,14H2,1-6H3. The number of benzene rings is 3. The lowest BCUT2D eigenvalue weighted by molar-refractivity contribution is -0.118. The third-order valence-corrected chi connectivity index (χ3v) is 6.40. The van der Waals surface area contributed by atoms with Gasteiger partial charge in [0.1, 0.15) is 5.82 Å². The summed E-state index contributed by atoms with van der Waals surface area (Å²) in [6.45, 7) is 6.38. The number of amides is 1. The second-order valence-electron chi connectivity index (χ2n) is 8.60. The predicted molar refractivity (Wildman–Crippen MR) is 139 cm³/mol. The van der Waals surface area contributed by atoms with E-state index >= 15 is 0 Å². The summed E-state index contributed by atoms with van der Waals surface area (Å²) in [6, 6.07) is 11.6. The van der Waals surface area contributed by atoms with Gasteiger partial charge in [0.25, 0.3) is 0 Å². The van der Waals surface area contributed by atoms with Crippen LogP contribution in [0.2, 0.25) is 0 Å². The summed E-state index contributed by atoms with van der Waals surface area (Å²) in [5.41, 5.74) is 3.29. The van der Waals surface area contributed by atoms with Crippen LogP contribution in [0, 0.1) is 12.7 Å². The van der Waals surface area contributed by atoms with Crippen molar-refractivity contribution in [3.05, 3.63) is 70.5 Å². The van der Waals surface area contributed by atoms with Crippen LogP contribution in [-0.4, -0.2) is 40.5 Å². The lowest BCUT2D eigenvalue weighted by atomic mass is 9.86. The zero-order valence-corrected chi connectivity index (χ0v) is 22.0. The molecule has 0 N–H and O–H groups in total. The van der Waals surface area contributed by atoms with E-state index in [1.807, 2.05) is 38.1 Å². The van der Waals surface area contributed by atoms with Gasteiger partial charge in [-0.25, -0.2) is 4.39 Å². The van der Waals surface area contributed by atoms with Gasteiger partial charge in [-0.1, -0.05) is 6.07 Å². The highest BCUT2D eigenvalue weighted by atomic mass is 19.1. The summed E-state index contributed by atoms with van der Waals surface area (Å²) in [4.78, 5) is 15.3. The molecular weight excluding hydrogens is 477 g/mol. The van der Waals surface area contributed by atoms with Gasteiger partial charge in [-0.05, 0) is 79.4 Å². The van der Waals surface area contributed by atoms with Crippen LogP contribution < -0.4 is 28.6 Å². The van der Waals surface area contributed by atoms with Gasteiger partial charge in [-0.3, -0.25) is 4.79 Å². The molecule has 196 valence electrons. The van der Waals surface area contributed by atoms with Crippen LogP contribution in [0.25, 0.3) is 0 Å². The molecule has 0 bridgehead atoms. The SMILES string of the molecule is CCOc1cc2c(cc1OCC)C(c1cc(OC)c(OC)c(OC)c1)N(c1ccc(C)c(F)c1)C(=O)C2. The molecule has 4 rings (SSSR count). The molecule has 3 aromatic carbocycles. The Morgan fingerprint density at radius 3 is 2.03 bits per heavy atom. The first-order valence-electron chi connectivity index (χ1n) is 12.2. The number of ether oxygens (including phenoxy) is 5. The molecule has 1 amide bonds. The summed E-state index contributed by atoms with van der Waals surface area (Å²) in [6.07, 6.45) is 0.123. The van der Waals surface area contributed by atoms with Crippen molar-refractivity contribution >= 4 is 11.6 Å². The Labute approximate surface area is 216 Å². The maximum atomic E-state index is 14.7. The Hall–Kier alpha value is -3.94. The molecule has 1 atom stereocenters. The van der Waals surface area contributed by atoms with Crippen LogP contribution >= 0.6 is 0 Å². The Bertz CT molecular complexity index is 1280. The van der Waals surface area contributed by atoms with Gasteiger partial charge >= 0.3 is 0 Å². The first kappa shape index (κ1) is 26.1. The molecule has 37 heavy (non-hydrogen) atoms. The molecule has 1 aliphatic rings. The second-order valence-corrected chi connectivity index (χ2v) is 8.60. The third kappa shape index (κ3) is 4.88. The fraction of sp³-hybridized carbons (Fsp3) is 0.345. The third-order valence-electron chi connectivity index (χ3n) is 6.40. The molecule has 1 aliphatic heterocycles. The van der Waals surface area contributed by atoms with Gasteiger partial charge in [0, 0.05) is 5.69 Å². The average Bonchev–Trinajstić information content (AvgIpc) is 2.89. The molecule has 0 saturated heterocycles. The van der Waals surface area contributed by atoms with Crippen molar-refractivity contribution in [3.63, 3.8) is 0 Å². The molecule has 0 saturated carbocycles. The summed E-state index contributed by atoms with van der Waals surface area (Å²) >= 11 is 0. The van der Waals surface area contributed by atoms with Gasteiger partial charge in [-0.2, -0.15) is 0 Å². The minimum atomic E-state index is -0.623. The molecule has 0 aliphatic carbocycles. The van der Waals surface area contributed by atoms with E-state index in [9.17, 15) is 9.18 Å². The predicted octanol–water partition coefficient (Wildman–Crippen LogP) is 5.64. The number of hydrogen-bond acceptors (Lipinski definition) is 6. The summed E-state index contributed by atoms with van der Waals surface area (Å²) in [5, 5.41) is 0. The van der Waals surface area contributed by atoms with Crippen molar-refractivity contribution in [2.24, 2.45) is 0 Å². The minimum absolute atomic E-state index is 0.123. The fourth-order valence-electron chi connectivity index (χ4n) is 4.71. The molecule has 0 spiro atoms. The zero-order valence-electron chi connectivity index (χ0n) is 22.0. The molecule has 3 aromatic rings. The second kappa shape index (κ2) is 11.0. The van der Waals surface area contributed by atoms with Gasteiger partial charge in [0.05, 0.1) is 47.0 Å². The fourth-order valence-corrected chi connectivity index (χ4v) is 4.71. The van der Waals surface area contributed by atoms with E-state index in [1.54, 1.807) is 24.0 Å². The molecule has 1 heterocycles. The number of fused-ring (bicyclic) bond motifs is 1. The summed E-state index contributed by atoms with van der Waals surface area (Å²) in [5.74, 6) is 1.91. The van der Waals surface area contributed by atoms with Crippen LogP contribution in [0.1, 0.15) is 42.1 Å². The summed E-state index contributed by atoms with van der Waals surface area (Å²) in [7, 11) is 4.61. The number of aryl methyl sites for hydroxylation is 1. The molecule has 7 nitrogen and oxygen atoms in total. The van der Waals surface area contributed by atoms with E-state index < -0.39 is 6.04 Å². The van der Waals surface area contributed by atoms with E-state index in [4.69, 9.17) is 23.7 Å². The number of rotatable bonds is 9. The van der Waals surface area contributed by atoms with Crippen LogP contribution in [0.5, 0.6) is 28.7 Å². The van der Waals surface area contributed by atoms with Gasteiger partial charge in [0.2, 0.25) is 11.7 Å². The number of nitrogens with zero attached hydrogens (tertiary/aromatic N) is 1. The largest absolute Gasteiger partial charge is 0.493 e. The lowest BCUT2D eigenvalue weighted by Gasteiger charge is -2.38. The number of carbonyl (C=O) groups excluding carboxylic acids is 1. The van der Waals surface area contributed by atoms with Crippen molar-refractivity contribution in [1.82, 2.24) is 0 Å². The number of anilines is 1. The first-order chi connectivity index (χ1) is 17.9. The number of halogens is 1. The maximum absolute atomic E-state index is 14.7. The first-order valence-corrected chi connectivity index (χ1v) is 12.2. The monoisotopic (exact) mass is 509 g/mol. The average molecular weight is 510 g/mol. The zero-order chi connectivity index (χ0) is 26.7. The van der Waals surface area contributed by atoms with Gasteiger partial charge in [-0.15, -0.1) is 0 Å². The molecule has 1 unspecified atom stereocenters. The topological polar surface area (TPSA) is 66.5 Å². The van der Waals surface area contributed by atoms with Crippen molar-refractivity contribution in [3.8, 4) is 28.7 Å². The van der Waals surface area contributed by atoms with E-state index in [-0.39, 0.29) is 18.1 Å². The highest BCUT2D eigenvalue weighted by molar-refractivity contribution is 5.98. The van der Waals surface area contributed by atoms with E-state index in [1.165, 1.54) is 27.4 Å². The van der Waals surface area contributed by atoms with Crippen LogP contribution in [0.15, 0.2) is 42.5 Å². The number of hydrogen-bond donors (Lipinski definition) is 0. The Balaban J connectivity index is 2.01. The Morgan fingerprint density at radius 1 is 0.865 bits per heavy atom. The molecule has 0 aromatic heterocycles. The van der Waals surface area contributed by atoms with Crippen molar-refractivity contribution in [2.45, 2.75) is 33.2 Å². The normalized spacial score (nSPS) is 14.7. The lowest BCUT2D eigenvalue weighted by Crippen LogP contribution is -2.41. The number of carbonyl (C=O) groups is 1. The van der Waals surface area contributed by atoms with E-state index in [0.29, 0.717) is 58.8 Å². The quantitative estimate of drug-likeness (QED) is 0.372. The molecular formula is C29H32FNO6. The highest BCUT2D eigenvalue weighted by Gasteiger charge is 2.37. The van der Waals surface area contributed by atoms with Crippen LogP contribution in [0.4, 0.5) is 10.1 Å². The van der Waals surface area contributed by atoms with E-state index in [0.717, 1.165) is 11.1 Å². The highest BCUT2D eigenvalue weighted by Crippen LogP contribution is 2.47. The van der Waals surface area contributed by atoms with Crippen LogP contribution in [-0.2, 0) is 11.2 Å². The summed E-state index contributed by atoms with van der Waals surface area (Å²) < 4.78 is 43.1. The van der Waals surface area contributed by atoms with Crippen molar-refractivity contribution in [2.75, 3.05) is 39.4 Å². The number of methoxy groups -OCH3 is 3.